The first-order chi connectivity index (χ1) is 30.7. The number of hydrogen-bond acceptors (Lipinski definition) is 13. The maximum atomic E-state index is 14.4. The predicted octanol–water partition coefficient (Wildman–Crippen LogP) is 6.18. The average molecular weight is 914 g/mol. The molecule has 3 heterocycles. The smallest absolute Gasteiger partial charge is 0.329 e. The number of allylic oxidation sites excluding steroid dienone is 6. The molecule has 0 aromatic rings. The van der Waals surface area contributed by atoms with Gasteiger partial charge < -0.3 is 43.9 Å². The van der Waals surface area contributed by atoms with Crippen LogP contribution in [-0.2, 0) is 47.7 Å². The van der Waals surface area contributed by atoms with E-state index in [0.29, 0.717) is 63.4 Å². The number of carbonyl (C=O) groups excluding carboxylic acids is 5. The topological polar surface area (TPSA) is 195 Å². The third-order valence-electron chi connectivity index (χ3n) is 14.5. The van der Waals surface area contributed by atoms with Crippen molar-refractivity contribution in [1.29, 1.82) is 0 Å². The van der Waals surface area contributed by atoms with Gasteiger partial charge in [0.15, 0.2) is 11.6 Å². The van der Waals surface area contributed by atoms with E-state index in [9.17, 15) is 39.3 Å². The lowest BCUT2D eigenvalue weighted by molar-refractivity contribution is -0.265. The summed E-state index contributed by atoms with van der Waals surface area (Å²) in [6.45, 7) is 12.7. The minimum atomic E-state index is -2.43. The maximum Gasteiger partial charge on any atom is 0.329 e. The molecule has 0 spiro atoms. The molecule has 1 amide bonds. The van der Waals surface area contributed by atoms with Crippen LogP contribution < -0.4 is 0 Å². The molecule has 14 heteroatoms. The minimum Gasteiger partial charge on any atom is -0.460 e. The predicted molar refractivity (Wildman–Crippen MR) is 245 cm³/mol. The van der Waals surface area contributed by atoms with Gasteiger partial charge >= 0.3 is 5.97 Å². The summed E-state index contributed by atoms with van der Waals surface area (Å²) >= 11 is 0. The molecule has 0 aromatic carbocycles. The Morgan fingerprint density at radius 1 is 0.862 bits per heavy atom. The second kappa shape index (κ2) is 25.1. The molecule has 0 radical (unpaired) electrons. The first-order valence-electron chi connectivity index (χ1n) is 23.9. The van der Waals surface area contributed by atoms with Gasteiger partial charge in [-0.05, 0) is 107 Å². The minimum absolute atomic E-state index is 0.0220. The zero-order valence-electron chi connectivity index (χ0n) is 40.6. The molecule has 5 unspecified atom stereocenters. The third-order valence-corrected chi connectivity index (χ3v) is 14.5. The fraction of sp³-hybridized carbons (Fsp3) is 0.745. The molecule has 65 heavy (non-hydrogen) atoms. The fourth-order valence-electron chi connectivity index (χ4n) is 10.1. The Balaban J connectivity index is 1.70. The van der Waals surface area contributed by atoms with Crippen LogP contribution in [0.15, 0.2) is 47.6 Å². The van der Waals surface area contributed by atoms with Gasteiger partial charge in [0.2, 0.25) is 5.79 Å². The van der Waals surface area contributed by atoms with Crippen LogP contribution in [0.2, 0.25) is 0 Å². The number of ether oxygens (including phenoxy) is 5. The van der Waals surface area contributed by atoms with Crippen LogP contribution in [0.25, 0.3) is 0 Å². The van der Waals surface area contributed by atoms with Gasteiger partial charge in [-0.2, -0.15) is 0 Å². The number of rotatable bonds is 6. The van der Waals surface area contributed by atoms with Crippen molar-refractivity contribution in [1.82, 2.24) is 4.90 Å². The number of Topliss-reactive ketones (excluding diaryl/α,β-unsaturated/α-hetero) is 3. The highest BCUT2D eigenvalue weighted by molar-refractivity contribution is 6.39. The van der Waals surface area contributed by atoms with Crippen molar-refractivity contribution >= 4 is 29.2 Å². The number of esters is 1. The van der Waals surface area contributed by atoms with Crippen molar-refractivity contribution in [2.24, 2.45) is 35.5 Å². The van der Waals surface area contributed by atoms with Crippen molar-refractivity contribution in [3.63, 3.8) is 0 Å². The van der Waals surface area contributed by atoms with E-state index in [-0.39, 0.29) is 54.8 Å². The van der Waals surface area contributed by atoms with Crippen molar-refractivity contribution in [2.75, 3.05) is 27.9 Å². The average Bonchev–Trinajstić information content (AvgIpc) is 3.28. The van der Waals surface area contributed by atoms with Crippen molar-refractivity contribution in [3.8, 4) is 0 Å². The normalized spacial score (nSPS) is 37.8. The number of ketones is 3. The summed E-state index contributed by atoms with van der Waals surface area (Å²) in [6.07, 6.45) is 11.2. The van der Waals surface area contributed by atoms with Gasteiger partial charge in [-0.15, -0.1) is 0 Å². The summed E-state index contributed by atoms with van der Waals surface area (Å²) in [5.41, 5.74) is 1.19. The van der Waals surface area contributed by atoms with Crippen LogP contribution in [0.4, 0.5) is 0 Å². The lowest BCUT2D eigenvalue weighted by Gasteiger charge is -2.42. The van der Waals surface area contributed by atoms with E-state index in [1.807, 2.05) is 58.1 Å². The van der Waals surface area contributed by atoms with E-state index in [4.69, 9.17) is 23.7 Å². The molecular weight excluding hydrogens is 835 g/mol. The number of hydrogen-bond donors (Lipinski definition) is 3. The van der Waals surface area contributed by atoms with E-state index in [1.165, 1.54) is 12.0 Å². The number of aliphatic hydroxyl groups excluding tert-OH is 2. The highest BCUT2D eigenvalue weighted by Gasteiger charge is 2.53. The third kappa shape index (κ3) is 14.3. The number of methoxy groups -OCH3 is 3. The van der Waals surface area contributed by atoms with Crippen LogP contribution in [0, 0.1) is 35.5 Å². The largest absolute Gasteiger partial charge is 0.460 e. The van der Waals surface area contributed by atoms with E-state index in [0.717, 1.165) is 12.0 Å². The molecule has 1 aliphatic carbocycles. The Labute approximate surface area is 387 Å². The zero-order valence-corrected chi connectivity index (χ0v) is 40.6. The first kappa shape index (κ1) is 54.2. The molecule has 4 aliphatic rings. The fourth-order valence-corrected chi connectivity index (χ4v) is 10.1. The second-order valence-corrected chi connectivity index (χ2v) is 19.6. The number of nitrogens with zero attached hydrogens (tertiary/aromatic N) is 1. The van der Waals surface area contributed by atoms with E-state index in [2.05, 4.69) is 0 Å². The molecule has 2 saturated heterocycles. The SMILES string of the molecule is COC1C(=O)C(C)C[C@H](C)C=CC=CC=C(C)[C@@H](OC)C[C@@H]2CC[C@@H](C)[C@@](O)(O2)C(=O)C(=O)N2CCCCC2C(=O)OC([C@H](C)C[C@@H]2CC[C@@H](O)[C@H](OC)C2)CC(=O)C(C)=CC(C)[C@H]1O. The second-order valence-electron chi connectivity index (χ2n) is 19.6. The van der Waals surface area contributed by atoms with Gasteiger partial charge in [-0.3, -0.25) is 19.2 Å². The highest BCUT2D eigenvalue weighted by atomic mass is 16.6. The maximum absolute atomic E-state index is 14.4. The van der Waals surface area contributed by atoms with Crippen LogP contribution >= 0.6 is 0 Å². The molecule has 3 aliphatic heterocycles. The highest BCUT2D eigenvalue weighted by Crippen LogP contribution is 2.38. The number of carbonyl (C=O) groups is 5. The lowest BCUT2D eigenvalue weighted by Crippen LogP contribution is -2.61. The van der Waals surface area contributed by atoms with Crippen LogP contribution in [0.5, 0.6) is 0 Å². The summed E-state index contributed by atoms with van der Waals surface area (Å²) in [4.78, 5) is 71.7. The molecule has 14 nitrogen and oxygen atoms in total. The summed E-state index contributed by atoms with van der Waals surface area (Å²) < 4.78 is 29.4. The first-order valence-corrected chi connectivity index (χ1v) is 23.9. The number of aliphatic hydroxyl groups is 3. The Morgan fingerprint density at radius 2 is 1.58 bits per heavy atom. The Morgan fingerprint density at radius 3 is 2.26 bits per heavy atom. The molecule has 15 atom stereocenters. The summed E-state index contributed by atoms with van der Waals surface area (Å²) in [7, 11) is 4.53. The number of cyclic esters (lactones) is 1. The van der Waals surface area contributed by atoms with Crippen LogP contribution in [0.1, 0.15) is 126 Å². The van der Waals surface area contributed by atoms with Gasteiger partial charge in [0.25, 0.3) is 11.7 Å². The van der Waals surface area contributed by atoms with Gasteiger partial charge in [-0.1, -0.05) is 71.1 Å². The molecule has 2 bridgehead atoms. The number of fused-ring (bicyclic) bond motifs is 3. The van der Waals surface area contributed by atoms with E-state index < -0.39 is 83.9 Å². The quantitative estimate of drug-likeness (QED) is 0.202. The summed E-state index contributed by atoms with van der Waals surface area (Å²) in [6, 6.07) is -1.14. The van der Waals surface area contributed by atoms with Gasteiger partial charge in [0.1, 0.15) is 18.2 Å². The Bertz CT molecular complexity index is 1760. The van der Waals surface area contributed by atoms with Gasteiger partial charge in [0, 0.05) is 58.5 Å². The number of piperidine rings is 1. The molecule has 0 aromatic heterocycles. The van der Waals surface area contributed by atoms with Gasteiger partial charge in [0.05, 0.1) is 30.5 Å². The monoisotopic (exact) mass is 914 g/mol. The molecule has 3 N–H and O–H groups in total. The Hall–Kier alpha value is -3.37. The van der Waals surface area contributed by atoms with Crippen LogP contribution in [0.3, 0.4) is 0 Å². The van der Waals surface area contributed by atoms with Gasteiger partial charge in [-0.25, -0.2) is 4.79 Å². The molecule has 1 saturated carbocycles. The number of amides is 1. The van der Waals surface area contributed by atoms with Crippen molar-refractivity contribution in [3.05, 3.63) is 47.6 Å². The van der Waals surface area contributed by atoms with Crippen molar-refractivity contribution in [2.45, 2.75) is 180 Å². The lowest BCUT2D eigenvalue weighted by atomic mass is 9.78. The van der Waals surface area contributed by atoms with Crippen LogP contribution in [-0.4, -0.2) is 132 Å². The standard InChI is InChI=1S/C51H79NO13/c1-30-16-12-11-13-17-31(2)42(61-8)28-38-21-19-36(7)51(60,65-38)48(57)49(58)52-23-15-14-18-39(52)50(59)64-43(33(4)26-37-20-22-40(53)44(27-37)62-9)29-41(54)32(3)25-35(6)46(56)47(63-10)45(55)34(5)24-30/h11-13,16-17,25,30,33-40,42-44,46-47,53,56,60H,14-15,18-24,26-29H2,1-10H3/t30-,33-,34?,35?,36-,37+,38+,39?,40-,42+,43?,44-,46-,47?,51-/m1/s1. The van der Waals surface area contributed by atoms with E-state index >= 15 is 0 Å². The summed E-state index contributed by atoms with van der Waals surface area (Å²) in [5, 5.41) is 33.9. The molecule has 3 fully saturated rings. The molecule has 4 rings (SSSR count). The summed E-state index contributed by atoms with van der Waals surface area (Å²) in [5.74, 6) is -7.93. The molecule has 366 valence electrons. The molecular formula is C51H79NO13. The van der Waals surface area contributed by atoms with E-state index in [1.54, 1.807) is 41.1 Å². The van der Waals surface area contributed by atoms with Crippen molar-refractivity contribution < 1.29 is 63.0 Å². The Kier molecular flexibility index (Phi) is 21.0. The zero-order chi connectivity index (χ0) is 48.2.